The van der Waals surface area contributed by atoms with Gasteiger partial charge >= 0.3 is 0 Å². The topological polar surface area (TPSA) is 27.7 Å². The largest absolute Gasteiger partial charge is 0.413 e. The van der Waals surface area contributed by atoms with Crippen LogP contribution in [-0.4, -0.2) is 31.1 Å². The van der Waals surface area contributed by atoms with E-state index in [9.17, 15) is 0 Å². The van der Waals surface area contributed by atoms with Gasteiger partial charge in [-0.15, -0.1) is 0 Å². The van der Waals surface area contributed by atoms with Crippen molar-refractivity contribution in [2.75, 3.05) is 0 Å². The van der Waals surface area contributed by atoms with E-state index in [0.29, 0.717) is 6.61 Å². The lowest BCUT2D eigenvalue weighted by Crippen LogP contribution is -2.54. The van der Waals surface area contributed by atoms with Crippen molar-refractivity contribution in [3.63, 3.8) is 0 Å². The first kappa shape index (κ1) is 32.0. The van der Waals surface area contributed by atoms with Crippen molar-refractivity contribution < 1.29 is 13.3 Å². The lowest BCUT2D eigenvalue weighted by Gasteiger charge is -2.47. The van der Waals surface area contributed by atoms with Crippen LogP contribution in [0.3, 0.4) is 0 Å². The Hall–Kier alpha value is -0.479. The molecule has 1 aromatic carbocycles. The van der Waals surface area contributed by atoms with Crippen LogP contribution in [-0.2, 0) is 25.5 Å². The maximum atomic E-state index is 7.58. The summed E-state index contributed by atoms with van der Waals surface area (Å²) < 4.78 is 21.4. The molecule has 0 aromatic heterocycles. The summed E-state index contributed by atoms with van der Waals surface area (Å²) >= 11 is 7.03. The predicted octanol–water partition coefficient (Wildman–Crippen LogP) is 10.4. The Morgan fingerprint density at radius 2 is 1.42 bits per heavy atom. The fraction of sp³-hybridized carbons (Fsp3) is 0.677. The van der Waals surface area contributed by atoms with Gasteiger partial charge in [0, 0.05) is 5.02 Å². The van der Waals surface area contributed by atoms with E-state index in [1.165, 1.54) is 5.57 Å². The molecule has 0 saturated heterocycles. The van der Waals surface area contributed by atoms with E-state index in [4.69, 9.17) is 24.9 Å². The number of hydrogen-bond donors (Lipinski definition) is 0. The van der Waals surface area contributed by atoms with Crippen molar-refractivity contribution in [2.24, 2.45) is 0 Å². The molecule has 2 atom stereocenters. The van der Waals surface area contributed by atoms with Crippen LogP contribution >= 0.6 is 11.6 Å². The summed E-state index contributed by atoms with van der Waals surface area (Å²) in [6.45, 7) is 30.5. The highest BCUT2D eigenvalue weighted by Gasteiger charge is 2.57. The smallest absolute Gasteiger partial charge is 0.193 e. The monoisotopic (exact) mass is 592 g/mol. The van der Waals surface area contributed by atoms with Gasteiger partial charge in [-0.25, -0.2) is 0 Å². The van der Waals surface area contributed by atoms with Gasteiger partial charge in [-0.2, -0.15) is 0 Å². The summed E-state index contributed by atoms with van der Waals surface area (Å²) in [7, 11) is -6.03. The summed E-state index contributed by atoms with van der Waals surface area (Å²) in [6, 6.07) is 7.65. The van der Waals surface area contributed by atoms with Gasteiger partial charge in [0.25, 0.3) is 0 Å². The molecule has 0 aliphatic heterocycles. The van der Waals surface area contributed by atoms with Gasteiger partial charge in [-0.05, 0) is 94.9 Å². The van der Waals surface area contributed by atoms with Gasteiger partial charge in [-0.3, -0.25) is 0 Å². The van der Waals surface area contributed by atoms with E-state index in [1.54, 1.807) is 0 Å². The fourth-order valence-electron chi connectivity index (χ4n) is 5.02. The van der Waals surface area contributed by atoms with Gasteiger partial charge in [0.1, 0.15) is 11.7 Å². The van der Waals surface area contributed by atoms with E-state index < -0.39 is 30.6 Å². The first-order valence-corrected chi connectivity index (χ1v) is 23.3. The Labute approximate surface area is 241 Å². The molecule has 0 unspecified atom stereocenters. The summed E-state index contributed by atoms with van der Waals surface area (Å²) in [6.07, 6.45) is 6.57. The molecule has 38 heavy (non-hydrogen) atoms. The maximum absolute atomic E-state index is 7.58. The van der Waals surface area contributed by atoms with Crippen LogP contribution in [0.2, 0.25) is 59.4 Å². The standard InChI is InChI=1S/C31H53ClO3Si3/c1-14-38(15-2,16-3)35-31-24(17-18-28(31)34-37(12,13)30(7,8)9)21-25-26(31)19-23(20-27(25)32)22-33-36(10,11)29(4,5)6/h17-21,28H,14-16,22H2,1-13H3/t28-,31+/m0/s1. The molecule has 0 fully saturated rings. The van der Waals surface area contributed by atoms with Crippen LogP contribution in [0.25, 0.3) is 6.08 Å². The molecule has 0 heterocycles. The lowest BCUT2D eigenvalue weighted by molar-refractivity contribution is 0.00376. The second-order valence-corrected chi connectivity index (χ2v) is 29.1. The van der Waals surface area contributed by atoms with Crippen LogP contribution in [0, 0.1) is 0 Å². The van der Waals surface area contributed by atoms with Crippen LogP contribution < -0.4 is 0 Å². The number of rotatable bonds is 10. The Morgan fingerprint density at radius 3 is 1.92 bits per heavy atom. The number of benzene rings is 1. The van der Waals surface area contributed by atoms with Gasteiger partial charge in [0.15, 0.2) is 25.0 Å². The molecule has 3 rings (SSSR count). The summed E-state index contributed by atoms with van der Waals surface area (Å²) in [5.74, 6) is 0. The molecular weight excluding hydrogens is 540 g/mol. The highest BCUT2D eigenvalue weighted by atomic mass is 35.5. The van der Waals surface area contributed by atoms with Crippen LogP contribution in [0.4, 0.5) is 0 Å². The van der Waals surface area contributed by atoms with Gasteiger partial charge in [0.2, 0.25) is 0 Å². The molecule has 2 aliphatic carbocycles. The minimum Gasteiger partial charge on any atom is -0.413 e. The highest BCUT2D eigenvalue weighted by molar-refractivity contribution is 6.75. The van der Waals surface area contributed by atoms with Crippen molar-refractivity contribution in [3.8, 4) is 0 Å². The summed E-state index contributed by atoms with van der Waals surface area (Å²) in [5, 5.41) is 1.03. The van der Waals surface area contributed by atoms with E-state index in [1.807, 2.05) is 0 Å². The number of halogens is 1. The minimum atomic E-state index is -2.09. The van der Waals surface area contributed by atoms with Gasteiger partial charge in [-0.1, -0.05) is 86.1 Å². The van der Waals surface area contributed by atoms with Crippen molar-refractivity contribution in [1.82, 2.24) is 0 Å². The first-order chi connectivity index (χ1) is 17.3. The highest BCUT2D eigenvalue weighted by Crippen LogP contribution is 2.56. The van der Waals surface area contributed by atoms with Crippen molar-refractivity contribution >= 4 is 42.6 Å². The minimum absolute atomic E-state index is 0.0984. The second-order valence-electron chi connectivity index (χ2n) is 14.4. The molecule has 7 heteroatoms. The van der Waals surface area contributed by atoms with Crippen LogP contribution in [0.1, 0.15) is 79.0 Å². The van der Waals surface area contributed by atoms with E-state index in [-0.39, 0.29) is 16.2 Å². The third kappa shape index (κ3) is 5.65. The number of hydrogen-bond acceptors (Lipinski definition) is 3. The second kappa shape index (κ2) is 10.7. The maximum Gasteiger partial charge on any atom is 0.193 e. The number of fused-ring (bicyclic) bond motifs is 3. The zero-order valence-electron chi connectivity index (χ0n) is 26.4. The molecule has 214 valence electrons. The van der Waals surface area contributed by atoms with E-state index in [0.717, 1.165) is 39.8 Å². The molecule has 2 aliphatic rings. The average Bonchev–Trinajstić information content (AvgIpc) is 3.29. The van der Waals surface area contributed by atoms with Crippen LogP contribution in [0.5, 0.6) is 0 Å². The molecule has 0 radical (unpaired) electrons. The Bertz CT molecular complexity index is 1080. The lowest BCUT2D eigenvalue weighted by atomic mass is 9.88. The normalized spacial score (nSPS) is 22.1. The van der Waals surface area contributed by atoms with Crippen LogP contribution in [0.15, 0.2) is 29.9 Å². The third-order valence-electron chi connectivity index (χ3n) is 10.1. The van der Waals surface area contributed by atoms with Crippen molar-refractivity contribution in [3.05, 3.63) is 51.6 Å². The fourth-order valence-corrected chi connectivity index (χ4v) is 10.5. The van der Waals surface area contributed by atoms with Crippen molar-refractivity contribution in [1.29, 1.82) is 0 Å². The van der Waals surface area contributed by atoms with Gasteiger partial charge < -0.3 is 13.3 Å². The quantitative estimate of drug-likeness (QED) is 0.253. The predicted molar refractivity (Wildman–Crippen MR) is 173 cm³/mol. The Kier molecular flexibility index (Phi) is 9.05. The Morgan fingerprint density at radius 1 is 0.868 bits per heavy atom. The zero-order valence-corrected chi connectivity index (χ0v) is 30.2. The Balaban J connectivity index is 2.16. The summed E-state index contributed by atoms with van der Waals surface area (Å²) in [4.78, 5) is 0. The molecule has 0 N–H and O–H groups in total. The first-order valence-electron chi connectivity index (χ1n) is 14.5. The molecule has 0 amide bonds. The molecule has 3 nitrogen and oxygen atoms in total. The molecule has 0 bridgehead atoms. The zero-order chi connectivity index (χ0) is 28.9. The average molecular weight is 593 g/mol. The third-order valence-corrected chi connectivity index (χ3v) is 24.0. The molecule has 1 aromatic rings. The van der Waals surface area contributed by atoms with E-state index in [2.05, 4.69) is 119 Å². The SMILES string of the molecule is CC[Si](CC)(CC)O[C@]12C(=Cc3c(Cl)cc(CO[Si](C)(C)C(C)(C)C)cc31)C=C[C@@H]2O[Si](C)(C)C(C)(C)C. The molecule has 0 spiro atoms. The van der Waals surface area contributed by atoms with Crippen molar-refractivity contribution in [2.45, 2.75) is 135 Å². The van der Waals surface area contributed by atoms with E-state index >= 15 is 0 Å². The van der Waals surface area contributed by atoms with Gasteiger partial charge in [0.05, 0.1) is 6.61 Å². The summed E-state index contributed by atoms with van der Waals surface area (Å²) in [5.41, 5.74) is 3.90. The molecule has 0 saturated carbocycles. The molecular formula is C31H53ClO3Si3.